The van der Waals surface area contributed by atoms with Crippen LogP contribution in [0.4, 0.5) is 0 Å². The third-order valence-corrected chi connectivity index (χ3v) is 5.51. The highest BCUT2D eigenvalue weighted by molar-refractivity contribution is 5.88. The van der Waals surface area contributed by atoms with E-state index in [0.717, 1.165) is 32.5 Å². The SMILES string of the molecule is CC(C)CN(CCC[C@H](N)C(=O)C[C@@H](C)c1cccc2ccccc12)CC(C)C. The molecule has 160 valence electrons. The van der Waals surface area contributed by atoms with Crippen molar-refractivity contribution in [3.63, 3.8) is 0 Å². The van der Waals surface area contributed by atoms with Gasteiger partial charge in [0.1, 0.15) is 5.78 Å². The first-order chi connectivity index (χ1) is 13.8. The Morgan fingerprint density at radius 1 is 0.931 bits per heavy atom. The standard InChI is InChI=1S/C26H40N2O/c1-19(2)17-28(18-20(3)4)15-9-14-25(27)26(29)16-21(5)23-13-8-11-22-10-6-7-12-24(22)23/h6-8,10-13,19-21,25H,9,14-18,27H2,1-5H3/t21-,25+/m1/s1. The van der Waals surface area contributed by atoms with Gasteiger partial charge in [-0.25, -0.2) is 0 Å². The van der Waals surface area contributed by atoms with Gasteiger partial charge in [0.2, 0.25) is 0 Å². The topological polar surface area (TPSA) is 46.3 Å². The van der Waals surface area contributed by atoms with E-state index < -0.39 is 0 Å². The normalized spacial score (nSPS) is 14.1. The summed E-state index contributed by atoms with van der Waals surface area (Å²) in [4.78, 5) is 15.3. The van der Waals surface area contributed by atoms with Crippen LogP contribution in [-0.4, -0.2) is 36.4 Å². The zero-order valence-corrected chi connectivity index (χ0v) is 19.0. The van der Waals surface area contributed by atoms with E-state index in [9.17, 15) is 4.79 Å². The van der Waals surface area contributed by atoms with Crippen molar-refractivity contribution < 1.29 is 4.79 Å². The van der Waals surface area contributed by atoms with Crippen molar-refractivity contribution in [3.05, 3.63) is 48.0 Å². The summed E-state index contributed by atoms with van der Waals surface area (Å²) in [6.07, 6.45) is 2.26. The second-order valence-corrected chi connectivity index (χ2v) is 9.44. The molecular weight excluding hydrogens is 356 g/mol. The zero-order valence-electron chi connectivity index (χ0n) is 19.0. The van der Waals surface area contributed by atoms with Crippen molar-refractivity contribution in [3.8, 4) is 0 Å². The summed E-state index contributed by atoms with van der Waals surface area (Å²) in [5.74, 6) is 1.68. The van der Waals surface area contributed by atoms with Crippen LogP contribution in [0.25, 0.3) is 10.8 Å². The van der Waals surface area contributed by atoms with E-state index in [1.54, 1.807) is 0 Å². The average Bonchev–Trinajstić information content (AvgIpc) is 2.66. The molecule has 0 aliphatic carbocycles. The van der Waals surface area contributed by atoms with Gasteiger partial charge in [-0.2, -0.15) is 0 Å². The molecule has 0 spiro atoms. The lowest BCUT2D eigenvalue weighted by Crippen LogP contribution is -2.35. The fourth-order valence-electron chi connectivity index (χ4n) is 4.23. The molecule has 3 nitrogen and oxygen atoms in total. The van der Waals surface area contributed by atoms with E-state index in [1.165, 1.54) is 16.3 Å². The van der Waals surface area contributed by atoms with Crippen LogP contribution in [0.15, 0.2) is 42.5 Å². The highest BCUT2D eigenvalue weighted by Gasteiger charge is 2.19. The van der Waals surface area contributed by atoms with Crippen molar-refractivity contribution in [2.75, 3.05) is 19.6 Å². The molecule has 0 aromatic heterocycles. The number of benzene rings is 2. The predicted octanol–water partition coefficient (Wildman–Crippen LogP) is 5.62. The van der Waals surface area contributed by atoms with Crippen LogP contribution >= 0.6 is 0 Å². The minimum Gasteiger partial charge on any atom is -0.322 e. The minimum absolute atomic E-state index is 0.179. The van der Waals surface area contributed by atoms with Crippen LogP contribution in [0, 0.1) is 11.8 Å². The first-order valence-electron chi connectivity index (χ1n) is 11.3. The molecule has 0 radical (unpaired) electrons. The molecule has 0 saturated heterocycles. The predicted molar refractivity (Wildman–Crippen MR) is 125 cm³/mol. The van der Waals surface area contributed by atoms with E-state index in [-0.39, 0.29) is 17.7 Å². The Morgan fingerprint density at radius 2 is 1.55 bits per heavy atom. The zero-order chi connectivity index (χ0) is 21.4. The lowest BCUT2D eigenvalue weighted by Gasteiger charge is -2.26. The van der Waals surface area contributed by atoms with Crippen molar-refractivity contribution in [1.29, 1.82) is 0 Å². The summed E-state index contributed by atoms with van der Waals surface area (Å²) in [6.45, 7) is 14.4. The maximum absolute atomic E-state index is 12.8. The molecule has 0 saturated carbocycles. The van der Waals surface area contributed by atoms with E-state index in [0.29, 0.717) is 18.3 Å². The number of nitrogens with zero attached hydrogens (tertiary/aromatic N) is 1. The molecule has 2 atom stereocenters. The molecule has 0 bridgehead atoms. The molecule has 0 amide bonds. The Bertz CT molecular complexity index is 753. The van der Waals surface area contributed by atoms with Crippen molar-refractivity contribution in [1.82, 2.24) is 4.90 Å². The number of hydrogen-bond acceptors (Lipinski definition) is 3. The Kier molecular flexibility index (Phi) is 9.32. The van der Waals surface area contributed by atoms with Gasteiger partial charge in [0.05, 0.1) is 6.04 Å². The van der Waals surface area contributed by atoms with Gasteiger partial charge in [0, 0.05) is 19.5 Å². The molecule has 2 N–H and O–H groups in total. The van der Waals surface area contributed by atoms with Gasteiger partial charge in [0.25, 0.3) is 0 Å². The fourth-order valence-corrected chi connectivity index (χ4v) is 4.23. The van der Waals surface area contributed by atoms with E-state index in [4.69, 9.17) is 5.73 Å². The smallest absolute Gasteiger partial charge is 0.150 e. The van der Waals surface area contributed by atoms with Crippen LogP contribution in [0.2, 0.25) is 0 Å². The summed E-state index contributed by atoms with van der Waals surface area (Å²) in [5, 5.41) is 2.46. The summed E-state index contributed by atoms with van der Waals surface area (Å²) >= 11 is 0. The number of carbonyl (C=O) groups excluding carboxylic acids is 1. The third kappa shape index (κ3) is 7.56. The Hall–Kier alpha value is -1.71. The summed E-state index contributed by atoms with van der Waals surface area (Å²) in [7, 11) is 0. The second-order valence-electron chi connectivity index (χ2n) is 9.44. The molecule has 0 aliphatic heterocycles. The third-order valence-electron chi connectivity index (χ3n) is 5.51. The van der Waals surface area contributed by atoms with Gasteiger partial charge in [-0.1, -0.05) is 77.1 Å². The number of fused-ring (bicyclic) bond motifs is 1. The van der Waals surface area contributed by atoms with Gasteiger partial charge < -0.3 is 10.6 Å². The van der Waals surface area contributed by atoms with Gasteiger partial charge >= 0.3 is 0 Å². The van der Waals surface area contributed by atoms with Gasteiger partial charge in [-0.15, -0.1) is 0 Å². The highest BCUT2D eigenvalue weighted by atomic mass is 16.1. The van der Waals surface area contributed by atoms with Crippen LogP contribution < -0.4 is 5.73 Å². The van der Waals surface area contributed by atoms with Crippen LogP contribution in [0.3, 0.4) is 0 Å². The lowest BCUT2D eigenvalue weighted by molar-refractivity contribution is -0.120. The minimum atomic E-state index is -0.354. The highest BCUT2D eigenvalue weighted by Crippen LogP contribution is 2.28. The summed E-state index contributed by atoms with van der Waals surface area (Å²) in [5.41, 5.74) is 7.52. The van der Waals surface area contributed by atoms with Crippen LogP contribution in [-0.2, 0) is 4.79 Å². The van der Waals surface area contributed by atoms with Crippen LogP contribution in [0.1, 0.15) is 65.4 Å². The summed E-state index contributed by atoms with van der Waals surface area (Å²) < 4.78 is 0. The quantitative estimate of drug-likeness (QED) is 0.506. The maximum Gasteiger partial charge on any atom is 0.150 e. The fraction of sp³-hybridized carbons (Fsp3) is 0.577. The molecule has 0 heterocycles. The molecule has 2 aromatic carbocycles. The molecule has 2 rings (SSSR count). The van der Waals surface area contributed by atoms with Crippen molar-refractivity contribution in [2.24, 2.45) is 17.6 Å². The molecular formula is C26H40N2O. The number of carbonyl (C=O) groups is 1. The molecule has 2 aromatic rings. The molecule has 29 heavy (non-hydrogen) atoms. The largest absolute Gasteiger partial charge is 0.322 e. The lowest BCUT2D eigenvalue weighted by atomic mass is 9.89. The van der Waals surface area contributed by atoms with Gasteiger partial charge in [-0.3, -0.25) is 4.79 Å². The van der Waals surface area contributed by atoms with Crippen molar-refractivity contribution >= 4 is 16.6 Å². The van der Waals surface area contributed by atoms with Gasteiger partial charge in [-0.05, 0) is 53.5 Å². The molecule has 0 aliphatic rings. The number of ketones is 1. The van der Waals surface area contributed by atoms with E-state index in [2.05, 4.69) is 82.0 Å². The first-order valence-corrected chi connectivity index (χ1v) is 11.3. The monoisotopic (exact) mass is 396 g/mol. The second kappa shape index (κ2) is 11.5. The van der Waals surface area contributed by atoms with Crippen molar-refractivity contribution in [2.45, 2.75) is 65.8 Å². The molecule has 3 heteroatoms. The number of rotatable bonds is 12. The van der Waals surface area contributed by atoms with Crippen LogP contribution in [0.5, 0.6) is 0 Å². The van der Waals surface area contributed by atoms with E-state index >= 15 is 0 Å². The Balaban J connectivity index is 1.88. The summed E-state index contributed by atoms with van der Waals surface area (Å²) in [6, 6.07) is 14.4. The van der Waals surface area contributed by atoms with E-state index in [1.807, 2.05) is 0 Å². The Labute approximate surface area is 177 Å². The maximum atomic E-state index is 12.8. The number of Topliss-reactive ketones (excluding diaryl/α,β-unsaturated/α-hetero) is 1. The van der Waals surface area contributed by atoms with Gasteiger partial charge in [0.15, 0.2) is 0 Å². The first kappa shape index (κ1) is 23.6. The molecule has 0 unspecified atom stereocenters. The molecule has 0 fully saturated rings. The average molecular weight is 397 g/mol. The number of nitrogens with two attached hydrogens (primary N) is 1. The Morgan fingerprint density at radius 3 is 2.21 bits per heavy atom. The number of hydrogen-bond donors (Lipinski definition) is 1.